The van der Waals surface area contributed by atoms with E-state index in [1.165, 1.54) is 11.3 Å². The molecule has 122 valence electrons. The molecule has 0 bridgehead atoms. The molecule has 1 aliphatic heterocycles. The van der Waals surface area contributed by atoms with E-state index in [-0.39, 0.29) is 29.8 Å². The lowest BCUT2D eigenvalue weighted by Gasteiger charge is -2.26. The zero-order valence-electron chi connectivity index (χ0n) is 13.3. The number of hydrogen-bond acceptors (Lipinski definition) is 4. The molecule has 3 unspecified atom stereocenters. The first kappa shape index (κ1) is 15.5. The summed E-state index contributed by atoms with van der Waals surface area (Å²) in [6.07, 6.45) is 8.64. The Morgan fingerprint density at radius 2 is 1.45 bits per heavy atom. The number of imide groups is 1. The van der Waals surface area contributed by atoms with Crippen molar-refractivity contribution in [2.75, 3.05) is 0 Å². The van der Waals surface area contributed by atoms with Crippen molar-refractivity contribution in [2.24, 2.45) is 11.8 Å². The van der Waals surface area contributed by atoms with Gasteiger partial charge in [-0.25, -0.2) is 4.79 Å². The highest BCUT2D eigenvalue weighted by molar-refractivity contribution is 6.07. The van der Waals surface area contributed by atoms with Crippen LogP contribution in [0.2, 0.25) is 0 Å². The molecule has 0 radical (unpaired) electrons. The Hall–Kier alpha value is -1.39. The summed E-state index contributed by atoms with van der Waals surface area (Å²) in [5.41, 5.74) is 0. The van der Waals surface area contributed by atoms with E-state index < -0.39 is 12.0 Å². The molecule has 3 rings (SSSR count). The van der Waals surface area contributed by atoms with Gasteiger partial charge in [-0.2, -0.15) is 0 Å². The largest absolute Gasteiger partial charge is 0.461 e. The molecule has 0 aromatic carbocycles. The first-order valence-electron chi connectivity index (χ1n) is 8.67. The lowest BCUT2D eigenvalue weighted by molar-refractivity contribution is -0.162. The van der Waals surface area contributed by atoms with Crippen LogP contribution in [0.5, 0.6) is 0 Å². The van der Waals surface area contributed by atoms with Gasteiger partial charge < -0.3 is 4.74 Å². The highest BCUT2D eigenvalue weighted by Gasteiger charge is 2.51. The summed E-state index contributed by atoms with van der Waals surface area (Å²) in [6, 6.07) is -0.785. The smallest absolute Gasteiger partial charge is 0.329 e. The van der Waals surface area contributed by atoms with Crippen molar-refractivity contribution in [3.05, 3.63) is 0 Å². The first-order chi connectivity index (χ1) is 10.6. The van der Waals surface area contributed by atoms with Crippen LogP contribution in [0.25, 0.3) is 0 Å². The summed E-state index contributed by atoms with van der Waals surface area (Å²) in [5, 5.41) is 0. The molecule has 1 heterocycles. The minimum absolute atomic E-state index is 0.0428. The number of likely N-dealkylation sites (tertiary alicyclic amines) is 1. The lowest BCUT2D eigenvalue weighted by Crippen LogP contribution is -2.45. The molecule has 0 spiro atoms. The third-order valence-electron chi connectivity index (χ3n) is 5.44. The highest BCUT2D eigenvalue weighted by Crippen LogP contribution is 2.39. The van der Waals surface area contributed by atoms with Crippen molar-refractivity contribution in [2.45, 2.75) is 76.9 Å². The molecule has 0 aromatic rings. The van der Waals surface area contributed by atoms with Gasteiger partial charge in [-0.05, 0) is 45.4 Å². The molecule has 2 aliphatic carbocycles. The van der Waals surface area contributed by atoms with Crippen LogP contribution in [0.1, 0.15) is 64.7 Å². The minimum atomic E-state index is -0.785. The Morgan fingerprint density at radius 1 is 0.955 bits per heavy atom. The van der Waals surface area contributed by atoms with Crippen molar-refractivity contribution >= 4 is 17.8 Å². The number of carbonyl (C=O) groups excluding carboxylic acids is 3. The molecule has 0 aromatic heterocycles. The second-order valence-electron chi connectivity index (χ2n) is 6.92. The van der Waals surface area contributed by atoms with Crippen molar-refractivity contribution in [1.82, 2.24) is 4.90 Å². The maximum Gasteiger partial charge on any atom is 0.329 e. The Labute approximate surface area is 131 Å². The standard InChI is InChI=1S/C17H25NO4/c1-11(17(21)22-12-7-3-2-4-8-12)18-15(19)13-9-5-6-10-14(13)16(18)20/h11-14H,2-10H2,1H3. The van der Waals surface area contributed by atoms with Crippen molar-refractivity contribution in [1.29, 1.82) is 0 Å². The maximum absolute atomic E-state index is 12.5. The van der Waals surface area contributed by atoms with Crippen LogP contribution in [0.15, 0.2) is 0 Å². The normalized spacial score (nSPS) is 31.0. The molecule has 1 saturated heterocycles. The van der Waals surface area contributed by atoms with E-state index in [2.05, 4.69) is 0 Å². The van der Waals surface area contributed by atoms with Gasteiger partial charge in [0.1, 0.15) is 12.1 Å². The van der Waals surface area contributed by atoms with Gasteiger partial charge in [-0.3, -0.25) is 14.5 Å². The summed E-state index contributed by atoms with van der Waals surface area (Å²) in [6.45, 7) is 1.62. The monoisotopic (exact) mass is 307 g/mol. The summed E-state index contributed by atoms with van der Waals surface area (Å²) >= 11 is 0. The second kappa shape index (κ2) is 6.39. The van der Waals surface area contributed by atoms with E-state index in [0.29, 0.717) is 0 Å². The average molecular weight is 307 g/mol. The van der Waals surface area contributed by atoms with Crippen LogP contribution in [0.3, 0.4) is 0 Å². The van der Waals surface area contributed by atoms with E-state index in [1.807, 2.05) is 0 Å². The Morgan fingerprint density at radius 3 is 2.00 bits per heavy atom. The Kier molecular flexibility index (Phi) is 4.50. The zero-order valence-corrected chi connectivity index (χ0v) is 13.3. The zero-order chi connectivity index (χ0) is 15.7. The van der Waals surface area contributed by atoms with Gasteiger partial charge >= 0.3 is 5.97 Å². The maximum atomic E-state index is 12.5. The number of amides is 2. The van der Waals surface area contributed by atoms with Gasteiger partial charge in [0, 0.05) is 0 Å². The van der Waals surface area contributed by atoms with Crippen LogP contribution in [-0.2, 0) is 19.1 Å². The predicted molar refractivity (Wildman–Crippen MR) is 79.7 cm³/mol. The van der Waals surface area contributed by atoms with Gasteiger partial charge in [-0.1, -0.05) is 19.3 Å². The Balaban J connectivity index is 1.65. The van der Waals surface area contributed by atoms with Gasteiger partial charge in [0.25, 0.3) is 0 Å². The van der Waals surface area contributed by atoms with Crippen LogP contribution < -0.4 is 0 Å². The first-order valence-corrected chi connectivity index (χ1v) is 8.67. The number of nitrogens with zero attached hydrogens (tertiary/aromatic N) is 1. The molecule has 0 N–H and O–H groups in total. The number of carbonyl (C=O) groups is 3. The number of esters is 1. The fraction of sp³-hybridized carbons (Fsp3) is 0.824. The molecule has 22 heavy (non-hydrogen) atoms. The number of ether oxygens (including phenoxy) is 1. The van der Waals surface area contributed by atoms with E-state index in [4.69, 9.17) is 4.74 Å². The Bertz CT molecular complexity index is 445. The van der Waals surface area contributed by atoms with Crippen molar-refractivity contribution in [3.8, 4) is 0 Å². The topological polar surface area (TPSA) is 63.7 Å². The molecular formula is C17H25NO4. The third kappa shape index (κ3) is 2.77. The third-order valence-corrected chi connectivity index (χ3v) is 5.44. The van der Waals surface area contributed by atoms with Gasteiger partial charge in [-0.15, -0.1) is 0 Å². The van der Waals surface area contributed by atoms with E-state index in [1.54, 1.807) is 6.92 Å². The fourth-order valence-electron chi connectivity index (χ4n) is 4.12. The molecular weight excluding hydrogens is 282 g/mol. The number of fused-ring (bicyclic) bond motifs is 1. The van der Waals surface area contributed by atoms with Gasteiger partial charge in [0.2, 0.25) is 11.8 Å². The number of rotatable bonds is 3. The van der Waals surface area contributed by atoms with E-state index in [9.17, 15) is 14.4 Å². The summed E-state index contributed by atoms with van der Waals surface area (Å²) < 4.78 is 5.53. The van der Waals surface area contributed by atoms with Crippen LogP contribution in [0, 0.1) is 11.8 Å². The molecule has 3 atom stereocenters. The molecule has 5 nitrogen and oxygen atoms in total. The quantitative estimate of drug-likeness (QED) is 0.593. The molecule has 2 saturated carbocycles. The fourth-order valence-corrected chi connectivity index (χ4v) is 4.12. The van der Waals surface area contributed by atoms with Crippen LogP contribution in [-0.4, -0.2) is 34.8 Å². The average Bonchev–Trinajstić information content (AvgIpc) is 2.79. The van der Waals surface area contributed by atoms with Gasteiger partial charge in [0.05, 0.1) is 11.8 Å². The van der Waals surface area contributed by atoms with Gasteiger partial charge in [0.15, 0.2) is 0 Å². The molecule has 3 fully saturated rings. The number of hydrogen-bond donors (Lipinski definition) is 0. The minimum Gasteiger partial charge on any atom is -0.461 e. The molecule has 5 heteroatoms. The van der Waals surface area contributed by atoms with E-state index >= 15 is 0 Å². The summed E-state index contributed by atoms with van der Waals surface area (Å²) in [5.74, 6) is -1.16. The highest BCUT2D eigenvalue weighted by atomic mass is 16.5. The van der Waals surface area contributed by atoms with Crippen molar-refractivity contribution < 1.29 is 19.1 Å². The summed E-state index contributed by atoms with van der Waals surface area (Å²) in [7, 11) is 0. The SMILES string of the molecule is CC(C(=O)OC1CCCCC1)N1C(=O)C2CCCCC2C1=O. The second-order valence-corrected chi connectivity index (χ2v) is 6.92. The summed E-state index contributed by atoms with van der Waals surface area (Å²) in [4.78, 5) is 38.5. The predicted octanol–water partition coefficient (Wildman–Crippen LogP) is 2.43. The molecule has 3 aliphatic rings. The van der Waals surface area contributed by atoms with E-state index in [0.717, 1.165) is 51.4 Å². The van der Waals surface area contributed by atoms with Crippen molar-refractivity contribution in [3.63, 3.8) is 0 Å². The lowest BCUT2D eigenvalue weighted by atomic mass is 9.81. The molecule has 2 amide bonds. The van der Waals surface area contributed by atoms with Crippen LogP contribution in [0.4, 0.5) is 0 Å². The van der Waals surface area contributed by atoms with Crippen LogP contribution >= 0.6 is 0 Å².